The summed E-state index contributed by atoms with van der Waals surface area (Å²) in [5.41, 5.74) is 0.729. The predicted octanol–water partition coefficient (Wildman–Crippen LogP) is 2.36. The predicted molar refractivity (Wildman–Crippen MR) is 76.6 cm³/mol. The van der Waals surface area contributed by atoms with Crippen LogP contribution in [0, 0.1) is 21.4 Å². The Kier molecular flexibility index (Phi) is 4.53. The molecule has 1 N–H and O–H groups in total. The van der Waals surface area contributed by atoms with Gasteiger partial charge in [0.25, 0.3) is 5.69 Å². The zero-order chi connectivity index (χ0) is 14.5. The highest BCUT2D eigenvalue weighted by Crippen LogP contribution is 2.25. The first-order chi connectivity index (χ1) is 9.61. The molecule has 0 radical (unpaired) electrons. The van der Waals surface area contributed by atoms with Crippen molar-refractivity contribution in [1.29, 1.82) is 5.26 Å². The molecule has 1 saturated heterocycles. The Balaban J connectivity index is 2.05. The van der Waals surface area contributed by atoms with Gasteiger partial charge in [0.15, 0.2) is 0 Å². The number of benzene rings is 1. The van der Waals surface area contributed by atoms with Crippen molar-refractivity contribution in [2.24, 2.45) is 0 Å². The molecule has 1 fully saturated rings. The van der Waals surface area contributed by atoms with E-state index in [1.807, 2.05) is 6.07 Å². The summed E-state index contributed by atoms with van der Waals surface area (Å²) < 4.78 is 0. The van der Waals surface area contributed by atoms with Gasteiger partial charge in [0, 0.05) is 18.7 Å². The van der Waals surface area contributed by atoms with Crippen molar-refractivity contribution in [2.45, 2.75) is 25.8 Å². The number of likely N-dealkylation sites (tertiary alicyclic amines) is 1. The van der Waals surface area contributed by atoms with Gasteiger partial charge < -0.3 is 5.32 Å². The number of hydrogen-bond donors (Lipinski definition) is 1. The van der Waals surface area contributed by atoms with E-state index in [9.17, 15) is 10.1 Å². The van der Waals surface area contributed by atoms with Crippen LogP contribution in [-0.4, -0.2) is 35.5 Å². The standard InChI is InChI=1S/C14H18N4O2/c1-11(17-6-2-3-7-17)10-16-13-5-4-12(9-15)8-14(13)18(19)20/h4-5,8,11,16H,2-3,6-7,10H2,1H3. The van der Waals surface area contributed by atoms with Crippen molar-refractivity contribution >= 4 is 11.4 Å². The molecule has 1 unspecified atom stereocenters. The third-order valence-corrected chi connectivity index (χ3v) is 3.68. The molecule has 0 bridgehead atoms. The number of hydrogen-bond acceptors (Lipinski definition) is 5. The van der Waals surface area contributed by atoms with Gasteiger partial charge in [-0.3, -0.25) is 15.0 Å². The maximum Gasteiger partial charge on any atom is 0.293 e. The largest absolute Gasteiger partial charge is 0.378 e. The molecule has 106 valence electrons. The third-order valence-electron chi connectivity index (χ3n) is 3.68. The zero-order valence-electron chi connectivity index (χ0n) is 11.5. The van der Waals surface area contributed by atoms with Crippen LogP contribution in [0.1, 0.15) is 25.3 Å². The van der Waals surface area contributed by atoms with Crippen molar-refractivity contribution < 1.29 is 4.92 Å². The van der Waals surface area contributed by atoms with Gasteiger partial charge in [-0.15, -0.1) is 0 Å². The fraction of sp³-hybridized carbons (Fsp3) is 0.500. The maximum absolute atomic E-state index is 11.0. The van der Waals surface area contributed by atoms with E-state index >= 15 is 0 Å². The number of nitrogens with zero attached hydrogens (tertiary/aromatic N) is 3. The van der Waals surface area contributed by atoms with Gasteiger partial charge in [-0.2, -0.15) is 5.26 Å². The maximum atomic E-state index is 11.0. The first-order valence-corrected chi connectivity index (χ1v) is 6.78. The van der Waals surface area contributed by atoms with E-state index in [1.165, 1.54) is 18.9 Å². The highest BCUT2D eigenvalue weighted by Gasteiger charge is 2.19. The molecule has 2 rings (SSSR count). The lowest BCUT2D eigenvalue weighted by Gasteiger charge is -2.24. The number of anilines is 1. The summed E-state index contributed by atoms with van der Waals surface area (Å²) in [6, 6.07) is 6.77. The van der Waals surface area contributed by atoms with Crippen molar-refractivity contribution in [1.82, 2.24) is 4.90 Å². The molecule has 1 aromatic rings. The topological polar surface area (TPSA) is 82.2 Å². The Labute approximate surface area is 118 Å². The van der Waals surface area contributed by atoms with Crippen molar-refractivity contribution in [3.8, 4) is 6.07 Å². The molecule has 0 spiro atoms. The summed E-state index contributed by atoms with van der Waals surface area (Å²) in [7, 11) is 0. The quantitative estimate of drug-likeness (QED) is 0.658. The van der Waals surface area contributed by atoms with Crippen molar-refractivity contribution in [3.05, 3.63) is 33.9 Å². The van der Waals surface area contributed by atoms with Gasteiger partial charge in [0.2, 0.25) is 0 Å². The van der Waals surface area contributed by atoms with Crippen LogP contribution >= 0.6 is 0 Å². The van der Waals surface area contributed by atoms with E-state index in [1.54, 1.807) is 12.1 Å². The lowest BCUT2D eigenvalue weighted by atomic mass is 10.2. The number of nitro groups is 1. The highest BCUT2D eigenvalue weighted by molar-refractivity contribution is 5.64. The molecule has 1 aromatic carbocycles. The lowest BCUT2D eigenvalue weighted by molar-refractivity contribution is -0.384. The van der Waals surface area contributed by atoms with E-state index in [2.05, 4.69) is 17.1 Å². The minimum Gasteiger partial charge on any atom is -0.378 e. The van der Waals surface area contributed by atoms with Crippen LogP contribution in [0.25, 0.3) is 0 Å². The molecule has 1 aliphatic heterocycles. The summed E-state index contributed by atoms with van der Waals surface area (Å²) >= 11 is 0. The highest BCUT2D eigenvalue weighted by atomic mass is 16.6. The Morgan fingerprint density at radius 1 is 1.50 bits per heavy atom. The molecule has 0 saturated carbocycles. The smallest absolute Gasteiger partial charge is 0.293 e. The minimum atomic E-state index is -0.455. The summed E-state index contributed by atoms with van der Waals surface area (Å²) in [6.45, 7) is 4.97. The van der Waals surface area contributed by atoms with Crippen molar-refractivity contribution in [2.75, 3.05) is 25.0 Å². The Hall–Kier alpha value is -2.13. The van der Waals surface area contributed by atoms with E-state index in [0.717, 1.165) is 13.1 Å². The second-order valence-electron chi connectivity index (χ2n) is 5.07. The average Bonchev–Trinajstić information content (AvgIpc) is 2.98. The van der Waals surface area contributed by atoms with Gasteiger partial charge in [-0.25, -0.2) is 0 Å². The van der Waals surface area contributed by atoms with E-state index in [-0.39, 0.29) is 5.69 Å². The summed E-state index contributed by atoms with van der Waals surface area (Å²) in [5, 5.41) is 23.0. The molecule has 6 nitrogen and oxygen atoms in total. The molecule has 6 heteroatoms. The van der Waals surface area contributed by atoms with E-state index in [0.29, 0.717) is 23.8 Å². The van der Waals surface area contributed by atoms with Crippen LogP contribution in [0.5, 0.6) is 0 Å². The third kappa shape index (κ3) is 3.25. The summed E-state index contributed by atoms with van der Waals surface area (Å²) in [5.74, 6) is 0. The van der Waals surface area contributed by atoms with Crippen LogP contribution < -0.4 is 5.32 Å². The van der Waals surface area contributed by atoms with Crippen LogP contribution in [0.3, 0.4) is 0 Å². The zero-order valence-corrected chi connectivity index (χ0v) is 11.5. The number of rotatable bonds is 5. The number of nitro benzene ring substituents is 1. The number of nitriles is 1. The molecular formula is C14H18N4O2. The molecule has 20 heavy (non-hydrogen) atoms. The molecule has 0 aromatic heterocycles. The fourth-order valence-corrected chi connectivity index (χ4v) is 2.47. The second-order valence-corrected chi connectivity index (χ2v) is 5.07. The normalized spacial score (nSPS) is 16.6. The summed E-state index contributed by atoms with van der Waals surface area (Å²) in [4.78, 5) is 13.0. The Morgan fingerprint density at radius 2 is 2.20 bits per heavy atom. The molecule has 1 aliphatic rings. The van der Waals surface area contributed by atoms with Crippen LogP contribution in [-0.2, 0) is 0 Å². The minimum absolute atomic E-state index is 0.0438. The van der Waals surface area contributed by atoms with Gasteiger partial charge in [0.1, 0.15) is 5.69 Å². The van der Waals surface area contributed by atoms with Crippen LogP contribution in [0.2, 0.25) is 0 Å². The SMILES string of the molecule is CC(CNc1ccc(C#N)cc1[N+](=O)[O-])N1CCCC1. The number of nitrogens with one attached hydrogen (secondary N) is 1. The van der Waals surface area contributed by atoms with Crippen LogP contribution in [0.4, 0.5) is 11.4 Å². The monoisotopic (exact) mass is 274 g/mol. The second kappa shape index (κ2) is 6.35. The van der Waals surface area contributed by atoms with E-state index in [4.69, 9.17) is 5.26 Å². The van der Waals surface area contributed by atoms with Gasteiger partial charge in [0.05, 0.1) is 16.6 Å². The van der Waals surface area contributed by atoms with Gasteiger partial charge in [-0.05, 0) is 45.0 Å². The van der Waals surface area contributed by atoms with E-state index < -0.39 is 4.92 Å². The molecule has 1 atom stereocenters. The molecule has 1 heterocycles. The van der Waals surface area contributed by atoms with Gasteiger partial charge >= 0.3 is 0 Å². The fourth-order valence-electron chi connectivity index (χ4n) is 2.47. The van der Waals surface area contributed by atoms with Gasteiger partial charge in [-0.1, -0.05) is 0 Å². The lowest BCUT2D eigenvalue weighted by Crippen LogP contribution is -2.35. The molecule has 0 aliphatic carbocycles. The molecule has 0 amide bonds. The first kappa shape index (κ1) is 14.3. The summed E-state index contributed by atoms with van der Waals surface area (Å²) in [6.07, 6.45) is 2.45. The van der Waals surface area contributed by atoms with Crippen molar-refractivity contribution in [3.63, 3.8) is 0 Å². The first-order valence-electron chi connectivity index (χ1n) is 6.78. The van der Waals surface area contributed by atoms with Crippen LogP contribution in [0.15, 0.2) is 18.2 Å². The average molecular weight is 274 g/mol. The molecular weight excluding hydrogens is 256 g/mol. The Morgan fingerprint density at radius 3 is 2.80 bits per heavy atom. The Bertz CT molecular complexity index is 532.